The van der Waals surface area contributed by atoms with Crippen molar-refractivity contribution in [1.82, 2.24) is 19.7 Å². The molecule has 0 bridgehead atoms. The van der Waals surface area contributed by atoms with Gasteiger partial charge < -0.3 is 14.8 Å². The topological polar surface area (TPSA) is 114 Å². The Kier molecular flexibility index (Phi) is 9.11. The van der Waals surface area contributed by atoms with E-state index in [1.54, 1.807) is 32.5 Å². The Bertz CT molecular complexity index is 1770. The number of aryl methyl sites for hydroxylation is 2. The summed E-state index contributed by atoms with van der Waals surface area (Å²) in [6.07, 6.45) is -3.88. The van der Waals surface area contributed by atoms with Crippen molar-refractivity contribution in [2.75, 3.05) is 6.61 Å². The van der Waals surface area contributed by atoms with Crippen molar-refractivity contribution < 1.29 is 27.8 Å². The van der Waals surface area contributed by atoms with E-state index in [4.69, 9.17) is 16.3 Å². The van der Waals surface area contributed by atoms with Crippen LogP contribution in [0.15, 0.2) is 41.2 Å². The first-order valence-corrected chi connectivity index (χ1v) is 13.7. The Morgan fingerprint density at radius 3 is 2.60 bits per heavy atom. The second kappa shape index (κ2) is 12.4. The molecule has 2 N–H and O–H groups in total. The smallest absolute Gasteiger partial charge is 0.407 e. The summed E-state index contributed by atoms with van der Waals surface area (Å²) in [6, 6.07) is 8.19. The Balaban J connectivity index is 1.60. The predicted octanol–water partition coefficient (Wildman–Crippen LogP) is 4.55. The Labute approximate surface area is 246 Å². The van der Waals surface area contributed by atoms with Crippen LogP contribution >= 0.6 is 0 Å². The molecule has 0 amide bonds. The lowest BCUT2D eigenvalue weighted by Crippen LogP contribution is -2.39. The largest absolute Gasteiger partial charge is 0.493 e. The fourth-order valence-electron chi connectivity index (χ4n) is 4.74. The third-order valence-electron chi connectivity index (χ3n) is 7.00. The number of alkyl halides is 3. The number of halogens is 3. The second-order valence-electron chi connectivity index (χ2n) is 10.4. The minimum Gasteiger partial charge on any atom is -0.493 e. The van der Waals surface area contributed by atoms with Crippen LogP contribution in [-0.4, -0.2) is 50.1 Å². The van der Waals surface area contributed by atoms with Crippen LogP contribution in [0.3, 0.4) is 0 Å². The van der Waals surface area contributed by atoms with Gasteiger partial charge in [-0.3, -0.25) is 14.3 Å². The van der Waals surface area contributed by atoms with E-state index in [2.05, 4.69) is 14.9 Å². The highest BCUT2D eigenvalue weighted by atomic mass is 19.4. The van der Waals surface area contributed by atoms with Gasteiger partial charge in [0.1, 0.15) is 22.7 Å². The fourth-order valence-corrected chi connectivity index (χ4v) is 4.74. The van der Waals surface area contributed by atoms with Gasteiger partial charge in [0, 0.05) is 13.5 Å². The van der Waals surface area contributed by atoms with E-state index in [9.17, 15) is 27.9 Å². The molecule has 0 fully saturated rings. The van der Waals surface area contributed by atoms with Gasteiger partial charge in [-0.15, -0.1) is 0 Å². The van der Waals surface area contributed by atoms with E-state index in [1.807, 2.05) is 13.8 Å². The van der Waals surface area contributed by atoms with Crippen LogP contribution < -0.4 is 15.8 Å². The average Bonchev–Trinajstić information content (AvgIpc) is 3.27. The minimum absolute atomic E-state index is 0.0385. The molecule has 9 nitrogen and oxygen atoms in total. The number of hydrogen-bond donors (Lipinski definition) is 2. The highest BCUT2D eigenvalue weighted by molar-refractivity contribution is 6.54. The summed E-state index contributed by atoms with van der Waals surface area (Å²) in [5.74, 6) is 0.0528. The molecule has 4 rings (SSSR count). The quantitative estimate of drug-likeness (QED) is 0.195. The lowest BCUT2D eigenvalue weighted by molar-refractivity contribution is -0.137. The maximum absolute atomic E-state index is 13.4. The second-order valence-corrected chi connectivity index (χ2v) is 10.4. The van der Waals surface area contributed by atoms with Crippen molar-refractivity contribution in [3.8, 4) is 17.1 Å². The third kappa shape index (κ3) is 6.80. The molecule has 0 aliphatic rings. The molecule has 0 aliphatic heterocycles. The summed E-state index contributed by atoms with van der Waals surface area (Å²) in [7, 11) is 3.30. The van der Waals surface area contributed by atoms with Gasteiger partial charge in [0.15, 0.2) is 24.3 Å². The SMILES string of the molecule is [C-]#[N+]c1ccc(CC(=O)C(C)(O)C[B]c2ccc(OCC)c(-c3nc4c(CCC)nn(C)c4c(=O)[nH]3)c2)cc1C(F)(F)F. The van der Waals surface area contributed by atoms with Crippen LogP contribution in [0.2, 0.25) is 6.32 Å². The molecular weight excluding hydrogens is 562 g/mol. The molecule has 13 heteroatoms. The molecule has 1 radical (unpaired) electrons. The van der Waals surface area contributed by atoms with Gasteiger partial charge in [0.25, 0.3) is 5.56 Å². The summed E-state index contributed by atoms with van der Waals surface area (Å²) in [5, 5.41) is 15.4. The first kappa shape index (κ1) is 31.5. The van der Waals surface area contributed by atoms with Crippen molar-refractivity contribution in [2.45, 2.75) is 58.1 Å². The highest BCUT2D eigenvalue weighted by Gasteiger charge is 2.35. The number of H-pyrrole nitrogens is 1. The molecule has 0 saturated heterocycles. The molecule has 1 unspecified atom stereocenters. The minimum atomic E-state index is -4.75. The monoisotopic (exact) mass is 592 g/mol. The van der Waals surface area contributed by atoms with Crippen LogP contribution in [0.5, 0.6) is 5.75 Å². The molecule has 4 aromatic rings. The summed E-state index contributed by atoms with van der Waals surface area (Å²) in [4.78, 5) is 36.4. The number of Topliss-reactive ketones (excluding diaryl/α,β-unsaturated/α-hetero) is 1. The summed E-state index contributed by atoms with van der Waals surface area (Å²) in [5.41, 5.74) is -1.27. The van der Waals surface area contributed by atoms with Crippen molar-refractivity contribution >= 4 is 35.2 Å². The zero-order chi connectivity index (χ0) is 31.5. The maximum Gasteiger partial charge on any atom is 0.407 e. The van der Waals surface area contributed by atoms with E-state index in [0.29, 0.717) is 46.5 Å². The van der Waals surface area contributed by atoms with Gasteiger partial charge in [-0.2, -0.15) is 18.3 Å². The lowest BCUT2D eigenvalue weighted by atomic mass is 9.61. The van der Waals surface area contributed by atoms with E-state index in [-0.39, 0.29) is 23.3 Å². The summed E-state index contributed by atoms with van der Waals surface area (Å²) < 4.78 is 47.4. The standard InChI is InChI=1S/C30H30BF3N5O4/c1-6-8-22-25-26(39(5)38-22)28(41)37-27(36-25)19-15-18(10-12-23(19)43-7-2)31-16-29(3,42)24(40)14-17-9-11-21(35-4)20(13-17)30(32,33)34/h9-13,15,42H,6-8,14,16H2,1-3,5H3,(H,36,37,41). The number of aromatic amines is 1. The van der Waals surface area contributed by atoms with Crippen molar-refractivity contribution in [1.29, 1.82) is 0 Å². The number of carbonyl (C=O) groups excluding carboxylic acids is 1. The van der Waals surface area contributed by atoms with E-state index >= 15 is 0 Å². The van der Waals surface area contributed by atoms with Crippen LogP contribution in [0.1, 0.15) is 44.0 Å². The predicted molar refractivity (Wildman–Crippen MR) is 157 cm³/mol. The van der Waals surface area contributed by atoms with Crippen LogP contribution in [0, 0.1) is 6.57 Å². The molecule has 0 spiro atoms. The number of carbonyl (C=O) groups is 1. The van der Waals surface area contributed by atoms with Crippen LogP contribution in [0.25, 0.3) is 27.3 Å². The van der Waals surface area contributed by atoms with Gasteiger partial charge in [0.2, 0.25) is 0 Å². The Morgan fingerprint density at radius 2 is 1.95 bits per heavy atom. The number of aliphatic hydroxyl groups is 1. The zero-order valence-electron chi connectivity index (χ0n) is 24.2. The zero-order valence-corrected chi connectivity index (χ0v) is 24.2. The lowest BCUT2D eigenvalue weighted by Gasteiger charge is -2.22. The van der Waals surface area contributed by atoms with Gasteiger partial charge in [-0.25, -0.2) is 9.83 Å². The normalized spacial score (nSPS) is 13.0. The third-order valence-corrected chi connectivity index (χ3v) is 7.00. The molecule has 43 heavy (non-hydrogen) atoms. The first-order chi connectivity index (χ1) is 20.3. The number of aromatic nitrogens is 4. The molecule has 2 aromatic carbocycles. The number of nitrogens with zero attached hydrogens (tertiary/aromatic N) is 4. The highest BCUT2D eigenvalue weighted by Crippen LogP contribution is 2.37. The Hall–Kier alpha value is -4.44. The summed E-state index contributed by atoms with van der Waals surface area (Å²) >= 11 is 0. The van der Waals surface area contributed by atoms with Gasteiger partial charge >= 0.3 is 6.18 Å². The number of rotatable bonds is 11. The molecule has 2 heterocycles. The number of benzene rings is 2. The Morgan fingerprint density at radius 1 is 1.21 bits per heavy atom. The molecule has 223 valence electrons. The average molecular weight is 592 g/mol. The van der Waals surface area contributed by atoms with Gasteiger partial charge in [0.05, 0.1) is 30.0 Å². The number of hydrogen-bond acceptors (Lipinski definition) is 6. The molecular formula is C30H30BF3N5O4. The van der Waals surface area contributed by atoms with E-state index in [0.717, 1.165) is 18.6 Å². The molecule has 0 saturated carbocycles. The molecule has 0 aliphatic carbocycles. The van der Waals surface area contributed by atoms with Crippen LogP contribution in [0.4, 0.5) is 18.9 Å². The maximum atomic E-state index is 13.4. The van der Waals surface area contributed by atoms with Crippen molar-refractivity contribution in [3.05, 3.63) is 75.0 Å². The fraction of sp³-hybridized carbons (Fsp3) is 0.367. The first-order valence-electron chi connectivity index (χ1n) is 13.7. The molecule has 1 atom stereocenters. The van der Waals surface area contributed by atoms with E-state index < -0.39 is 35.2 Å². The van der Waals surface area contributed by atoms with E-state index in [1.165, 1.54) is 17.7 Å². The number of ketones is 1. The number of fused-ring (bicyclic) bond motifs is 1. The van der Waals surface area contributed by atoms with Gasteiger partial charge in [-0.1, -0.05) is 49.1 Å². The van der Waals surface area contributed by atoms with Crippen molar-refractivity contribution in [2.24, 2.45) is 7.05 Å². The molecule has 2 aromatic heterocycles. The number of nitrogens with one attached hydrogen (secondary N) is 1. The van der Waals surface area contributed by atoms with Crippen LogP contribution in [-0.2, 0) is 30.9 Å². The van der Waals surface area contributed by atoms with Gasteiger partial charge in [-0.05, 0) is 38.2 Å². The van der Waals surface area contributed by atoms with Crippen molar-refractivity contribution in [3.63, 3.8) is 0 Å². The summed E-state index contributed by atoms with van der Waals surface area (Å²) in [6.45, 7) is 12.4. The number of ether oxygens (including phenoxy) is 1.